The second-order valence-corrected chi connectivity index (χ2v) is 9.16. The molecule has 2 heterocycles. The Morgan fingerprint density at radius 1 is 1.00 bits per heavy atom. The maximum absolute atomic E-state index is 12.7. The van der Waals surface area contributed by atoms with E-state index < -0.39 is 0 Å². The van der Waals surface area contributed by atoms with Gasteiger partial charge < -0.3 is 14.8 Å². The van der Waals surface area contributed by atoms with Gasteiger partial charge in [-0.2, -0.15) is 0 Å². The fraction of sp³-hybridized carbons (Fsp3) is 0.185. The molecule has 0 atom stereocenters. The van der Waals surface area contributed by atoms with Gasteiger partial charge in [-0.1, -0.05) is 40.2 Å². The second-order valence-electron chi connectivity index (χ2n) is 8.25. The van der Waals surface area contributed by atoms with Crippen LogP contribution < -0.4 is 5.32 Å². The molecule has 2 aromatic heterocycles. The predicted molar refractivity (Wildman–Crippen MR) is 138 cm³/mol. The number of aryl methyl sites for hydroxylation is 1. The summed E-state index contributed by atoms with van der Waals surface area (Å²) in [5, 5.41) is 3.00. The van der Waals surface area contributed by atoms with Crippen molar-refractivity contribution in [2.24, 2.45) is 0 Å². The van der Waals surface area contributed by atoms with E-state index in [1.165, 1.54) is 0 Å². The molecule has 5 nitrogen and oxygen atoms in total. The molecule has 1 N–H and O–H groups in total. The van der Waals surface area contributed by atoms with Crippen molar-refractivity contribution < 1.29 is 4.79 Å². The van der Waals surface area contributed by atoms with Crippen LogP contribution in [0.5, 0.6) is 0 Å². The van der Waals surface area contributed by atoms with Gasteiger partial charge >= 0.3 is 0 Å². The first-order valence-corrected chi connectivity index (χ1v) is 11.7. The van der Waals surface area contributed by atoms with E-state index in [2.05, 4.69) is 62.0 Å². The lowest BCUT2D eigenvalue weighted by Crippen LogP contribution is -2.31. The van der Waals surface area contributed by atoms with Gasteiger partial charge in [-0.05, 0) is 80.2 Å². The van der Waals surface area contributed by atoms with Crippen molar-refractivity contribution in [1.29, 1.82) is 0 Å². The summed E-state index contributed by atoms with van der Waals surface area (Å²) in [6, 6.07) is 22.3. The maximum Gasteiger partial charge on any atom is 0.251 e. The number of nitrogens with zero attached hydrogens (tertiary/aromatic N) is 3. The molecule has 0 aliphatic carbocycles. The summed E-state index contributed by atoms with van der Waals surface area (Å²) in [6.45, 7) is 3.49. The zero-order valence-corrected chi connectivity index (χ0v) is 20.6. The van der Waals surface area contributed by atoms with E-state index in [-0.39, 0.29) is 5.91 Å². The number of rotatable bonds is 7. The van der Waals surface area contributed by atoms with E-state index in [4.69, 9.17) is 0 Å². The number of likely N-dealkylation sites (N-methyl/N-ethyl adjacent to an activating group) is 1. The molecular weight excluding hydrogens is 476 g/mol. The molecule has 0 aliphatic rings. The average Bonchev–Trinajstić information content (AvgIpc) is 3.24. The van der Waals surface area contributed by atoms with Crippen LogP contribution in [0.25, 0.3) is 28.2 Å². The Morgan fingerprint density at radius 2 is 1.73 bits per heavy atom. The first-order valence-electron chi connectivity index (χ1n) is 10.9. The number of benzene rings is 2. The molecule has 168 valence electrons. The van der Waals surface area contributed by atoms with E-state index >= 15 is 0 Å². The first kappa shape index (κ1) is 23.0. The molecule has 4 rings (SSSR count). The van der Waals surface area contributed by atoms with Crippen molar-refractivity contribution in [3.8, 4) is 28.2 Å². The topological polar surface area (TPSA) is 50.2 Å². The largest absolute Gasteiger partial charge is 0.351 e. The summed E-state index contributed by atoms with van der Waals surface area (Å²) < 4.78 is 3.25. The molecule has 0 aliphatic heterocycles. The van der Waals surface area contributed by atoms with Gasteiger partial charge in [0.05, 0.1) is 23.3 Å². The molecular formula is C27H27BrN4O. The molecule has 0 radical (unpaired) electrons. The molecule has 0 saturated carbocycles. The normalized spacial score (nSPS) is 11.1. The zero-order chi connectivity index (χ0) is 23.4. The monoisotopic (exact) mass is 502 g/mol. The minimum Gasteiger partial charge on any atom is -0.351 e. The fourth-order valence-electron chi connectivity index (χ4n) is 3.77. The highest BCUT2D eigenvalue weighted by Gasteiger charge is 2.16. The Hall–Kier alpha value is -3.22. The quantitative estimate of drug-likeness (QED) is 0.359. The Morgan fingerprint density at radius 3 is 2.42 bits per heavy atom. The lowest BCUT2D eigenvalue weighted by molar-refractivity contribution is 0.0951. The average molecular weight is 503 g/mol. The van der Waals surface area contributed by atoms with E-state index in [1.54, 1.807) is 6.20 Å². The third-order valence-electron chi connectivity index (χ3n) is 5.54. The summed E-state index contributed by atoms with van der Waals surface area (Å²) in [5.74, 6) is -0.0671. The van der Waals surface area contributed by atoms with Gasteiger partial charge in [-0.3, -0.25) is 9.78 Å². The molecule has 1 amide bonds. The lowest BCUT2D eigenvalue weighted by atomic mass is 10.1. The van der Waals surface area contributed by atoms with E-state index in [9.17, 15) is 4.79 Å². The van der Waals surface area contributed by atoms with Crippen LogP contribution in [0.3, 0.4) is 0 Å². The highest BCUT2D eigenvalue weighted by Crippen LogP contribution is 2.34. The van der Waals surface area contributed by atoms with E-state index in [0.717, 1.165) is 44.8 Å². The maximum atomic E-state index is 12.7. The molecule has 2 aromatic carbocycles. The van der Waals surface area contributed by atoms with Gasteiger partial charge in [0, 0.05) is 29.3 Å². The van der Waals surface area contributed by atoms with Crippen molar-refractivity contribution in [3.63, 3.8) is 0 Å². The van der Waals surface area contributed by atoms with E-state index in [1.807, 2.05) is 67.7 Å². The Balaban J connectivity index is 1.78. The molecule has 4 aromatic rings. The molecule has 0 unspecified atom stereocenters. The fourth-order valence-corrected chi connectivity index (χ4v) is 4.04. The molecule has 6 heteroatoms. The van der Waals surface area contributed by atoms with Crippen LogP contribution in [0.1, 0.15) is 15.9 Å². The number of nitrogens with one attached hydrogen (secondary N) is 1. The summed E-state index contributed by atoms with van der Waals surface area (Å²) >= 11 is 3.52. The Labute approximate surface area is 203 Å². The number of amides is 1. The van der Waals surface area contributed by atoms with Gasteiger partial charge in [0.1, 0.15) is 0 Å². The van der Waals surface area contributed by atoms with Crippen LogP contribution in [0.15, 0.2) is 83.6 Å². The summed E-state index contributed by atoms with van der Waals surface area (Å²) in [5.41, 5.74) is 6.93. The van der Waals surface area contributed by atoms with Crippen molar-refractivity contribution in [1.82, 2.24) is 19.8 Å². The third-order valence-corrected chi connectivity index (χ3v) is 6.07. The van der Waals surface area contributed by atoms with Crippen molar-refractivity contribution in [2.45, 2.75) is 6.92 Å². The summed E-state index contributed by atoms with van der Waals surface area (Å²) in [4.78, 5) is 19.2. The van der Waals surface area contributed by atoms with Gasteiger partial charge in [-0.25, -0.2) is 0 Å². The number of hydrogen-bond donors (Lipinski definition) is 1. The number of hydrogen-bond acceptors (Lipinski definition) is 3. The Bertz CT molecular complexity index is 1260. The molecule has 33 heavy (non-hydrogen) atoms. The number of pyridine rings is 1. The van der Waals surface area contributed by atoms with Gasteiger partial charge in [-0.15, -0.1) is 0 Å². The Kier molecular flexibility index (Phi) is 7.06. The number of carbonyl (C=O) groups excluding carboxylic acids is 1. The van der Waals surface area contributed by atoms with Crippen LogP contribution in [0.4, 0.5) is 0 Å². The predicted octanol–water partition coefficient (Wildman–Crippen LogP) is 5.57. The van der Waals surface area contributed by atoms with Crippen LogP contribution >= 0.6 is 15.9 Å². The number of halogens is 1. The van der Waals surface area contributed by atoms with E-state index in [0.29, 0.717) is 12.1 Å². The van der Waals surface area contributed by atoms with Crippen molar-refractivity contribution in [2.75, 3.05) is 27.2 Å². The molecule has 0 spiro atoms. The number of carbonyl (C=O) groups is 1. The van der Waals surface area contributed by atoms with Gasteiger partial charge in [0.15, 0.2) is 0 Å². The summed E-state index contributed by atoms with van der Waals surface area (Å²) in [7, 11) is 3.98. The van der Waals surface area contributed by atoms with Crippen LogP contribution in [0.2, 0.25) is 0 Å². The van der Waals surface area contributed by atoms with Crippen molar-refractivity contribution >= 4 is 21.8 Å². The smallest absolute Gasteiger partial charge is 0.251 e. The highest BCUT2D eigenvalue weighted by molar-refractivity contribution is 9.10. The van der Waals surface area contributed by atoms with Crippen molar-refractivity contribution in [3.05, 3.63) is 94.7 Å². The van der Waals surface area contributed by atoms with Crippen LogP contribution in [-0.2, 0) is 0 Å². The molecule has 0 fully saturated rings. The standard InChI is InChI=1S/C27H27BrN4O/c1-19-13-14-29-18-26(19)32-24(20-7-9-23(28)10-8-20)11-12-25(32)21-5-4-6-22(17-21)27(33)30-15-16-31(2)3/h4-14,17-18H,15-16H2,1-3H3,(H,30,33). The van der Waals surface area contributed by atoms with Gasteiger partial charge in [0.25, 0.3) is 5.91 Å². The first-order chi connectivity index (χ1) is 15.9. The molecule has 0 saturated heterocycles. The SMILES string of the molecule is Cc1ccncc1-n1c(-c2ccc(Br)cc2)ccc1-c1cccc(C(=O)NCCN(C)C)c1. The zero-order valence-electron chi connectivity index (χ0n) is 19.0. The summed E-state index contributed by atoms with van der Waals surface area (Å²) in [6.07, 6.45) is 3.69. The minimum absolute atomic E-state index is 0.0671. The van der Waals surface area contributed by atoms with Gasteiger partial charge in [0.2, 0.25) is 0 Å². The lowest BCUT2D eigenvalue weighted by Gasteiger charge is -2.17. The highest BCUT2D eigenvalue weighted by atomic mass is 79.9. The van der Waals surface area contributed by atoms with Crippen LogP contribution in [0, 0.1) is 6.92 Å². The number of aromatic nitrogens is 2. The third kappa shape index (κ3) is 5.24. The minimum atomic E-state index is -0.0671. The van der Waals surface area contributed by atoms with Crippen LogP contribution in [-0.4, -0.2) is 47.5 Å². The second kappa shape index (κ2) is 10.1. The molecule has 0 bridgehead atoms.